The summed E-state index contributed by atoms with van der Waals surface area (Å²) >= 11 is 0. The van der Waals surface area contributed by atoms with E-state index in [2.05, 4.69) is 43.1 Å². The van der Waals surface area contributed by atoms with Crippen molar-refractivity contribution in [3.63, 3.8) is 0 Å². The molecule has 3 aromatic rings. The molecule has 0 aliphatic carbocycles. The van der Waals surface area contributed by atoms with Crippen LogP contribution in [0, 0.1) is 0 Å². The predicted molar refractivity (Wildman–Crippen MR) is 114 cm³/mol. The van der Waals surface area contributed by atoms with Crippen LogP contribution in [0.25, 0.3) is 11.5 Å². The van der Waals surface area contributed by atoms with Gasteiger partial charge in [0.05, 0.1) is 26.3 Å². The fourth-order valence-electron chi connectivity index (χ4n) is 3.00. The van der Waals surface area contributed by atoms with Crippen molar-refractivity contribution >= 4 is 5.91 Å². The molecule has 1 heterocycles. The van der Waals surface area contributed by atoms with E-state index in [4.69, 9.17) is 13.9 Å². The Morgan fingerprint density at radius 3 is 2.33 bits per heavy atom. The lowest BCUT2D eigenvalue weighted by molar-refractivity contribution is 0.0769. The summed E-state index contributed by atoms with van der Waals surface area (Å²) in [4.78, 5) is 14.4. The number of carbonyl (C=O) groups excluding carboxylic acids is 1. The van der Waals surface area contributed by atoms with E-state index in [1.807, 2.05) is 12.1 Å². The first-order valence-electron chi connectivity index (χ1n) is 9.63. The number of carbonyl (C=O) groups is 1. The summed E-state index contributed by atoms with van der Waals surface area (Å²) in [5, 5.41) is 8.21. The molecule has 158 valence electrons. The highest BCUT2D eigenvalue weighted by atomic mass is 16.5. The lowest BCUT2D eigenvalue weighted by atomic mass is 9.87. The Hall–Kier alpha value is -3.35. The van der Waals surface area contributed by atoms with Gasteiger partial charge in [0.25, 0.3) is 5.91 Å². The van der Waals surface area contributed by atoms with Gasteiger partial charge in [-0.05, 0) is 35.2 Å². The van der Waals surface area contributed by atoms with Crippen molar-refractivity contribution in [2.45, 2.75) is 32.7 Å². The molecule has 1 amide bonds. The third-order valence-corrected chi connectivity index (χ3v) is 4.82. The van der Waals surface area contributed by atoms with Crippen LogP contribution in [0.3, 0.4) is 0 Å². The molecule has 30 heavy (non-hydrogen) atoms. The minimum atomic E-state index is -0.219. The molecule has 1 aromatic heterocycles. The summed E-state index contributed by atoms with van der Waals surface area (Å²) in [5.41, 5.74) is 2.57. The third kappa shape index (κ3) is 4.62. The Bertz CT molecular complexity index is 1020. The third-order valence-electron chi connectivity index (χ3n) is 4.82. The molecule has 0 fully saturated rings. The van der Waals surface area contributed by atoms with Gasteiger partial charge in [-0.3, -0.25) is 4.79 Å². The van der Waals surface area contributed by atoms with Gasteiger partial charge in [-0.1, -0.05) is 32.9 Å². The summed E-state index contributed by atoms with van der Waals surface area (Å²) in [7, 11) is 4.75. The number of ether oxygens (including phenoxy) is 2. The number of amides is 1. The molecule has 3 rings (SSSR count). The van der Waals surface area contributed by atoms with Crippen LogP contribution in [0.2, 0.25) is 0 Å². The molecule has 0 spiro atoms. The van der Waals surface area contributed by atoms with E-state index in [1.54, 1.807) is 32.4 Å². The number of benzene rings is 2. The lowest BCUT2D eigenvalue weighted by Gasteiger charge is -2.18. The van der Waals surface area contributed by atoms with E-state index in [9.17, 15) is 4.79 Å². The van der Waals surface area contributed by atoms with Crippen molar-refractivity contribution in [3.05, 3.63) is 59.5 Å². The molecule has 7 nitrogen and oxygen atoms in total. The van der Waals surface area contributed by atoms with Gasteiger partial charge in [-0.25, -0.2) is 0 Å². The van der Waals surface area contributed by atoms with Gasteiger partial charge >= 0.3 is 0 Å². The fraction of sp³-hybridized carbons (Fsp3) is 0.348. The highest BCUT2D eigenvalue weighted by Gasteiger charge is 2.20. The van der Waals surface area contributed by atoms with Gasteiger partial charge in [0.2, 0.25) is 11.8 Å². The average molecular weight is 409 g/mol. The summed E-state index contributed by atoms with van der Waals surface area (Å²) in [5.74, 6) is 1.62. The molecular formula is C23H27N3O4. The quantitative estimate of drug-likeness (QED) is 0.603. The Balaban J connectivity index is 1.73. The normalized spacial score (nSPS) is 11.3. The Kier molecular flexibility index (Phi) is 6.10. The van der Waals surface area contributed by atoms with Crippen molar-refractivity contribution in [2.75, 3.05) is 21.3 Å². The minimum absolute atomic E-state index is 0.0735. The molecule has 0 aliphatic rings. The molecule has 0 saturated carbocycles. The van der Waals surface area contributed by atoms with E-state index < -0.39 is 0 Å². The maximum atomic E-state index is 12.9. The standard InChI is InChI=1S/C23H27N3O4/c1-23(2,3)16-9-7-15(8-10-16)21-25-24-20(30-21)14-26(4)22(27)18-12-11-17(28-5)13-19(18)29-6/h7-13H,14H2,1-6H3. The first-order valence-corrected chi connectivity index (χ1v) is 9.63. The fourth-order valence-corrected chi connectivity index (χ4v) is 3.00. The highest BCUT2D eigenvalue weighted by molar-refractivity contribution is 5.97. The molecule has 0 bridgehead atoms. The first kappa shape index (κ1) is 21.4. The Morgan fingerprint density at radius 1 is 1.03 bits per heavy atom. The van der Waals surface area contributed by atoms with Crippen LogP contribution in [0.4, 0.5) is 0 Å². The molecule has 0 radical (unpaired) electrons. The molecule has 0 saturated heterocycles. The topological polar surface area (TPSA) is 77.7 Å². The molecule has 0 aliphatic heterocycles. The largest absolute Gasteiger partial charge is 0.497 e. The first-order chi connectivity index (χ1) is 14.2. The SMILES string of the molecule is COc1ccc(C(=O)N(C)Cc2nnc(-c3ccc(C(C)(C)C)cc3)o2)c(OC)c1. The van der Waals surface area contributed by atoms with Crippen molar-refractivity contribution < 1.29 is 18.7 Å². The van der Waals surface area contributed by atoms with E-state index in [-0.39, 0.29) is 17.9 Å². The smallest absolute Gasteiger partial charge is 0.257 e. The van der Waals surface area contributed by atoms with Gasteiger partial charge in [-0.2, -0.15) is 0 Å². The minimum Gasteiger partial charge on any atom is -0.497 e. The van der Waals surface area contributed by atoms with Gasteiger partial charge in [0.15, 0.2) is 0 Å². The van der Waals surface area contributed by atoms with Crippen LogP contribution in [0.5, 0.6) is 11.5 Å². The molecule has 7 heteroatoms. The Labute approximate surface area is 176 Å². The van der Waals surface area contributed by atoms with Gasteiger partial charge in [0.1, 0.15) is 11.5 Å². The monoisotopic (exact) mass is 409 g/mol. The van der Waals surface area contributed by atoms with Gasteiger partial charge in [0, 0.05) is 18.7 Å². The van der Waals surface area contributed by atoms with Gasteiger partial charge in [-0.15, -0.1) is 10.2 Å². The summed E-state index contributed by atoms with van der Waals surface area (Å²) in [6.07, 6.45) is 0. The zero-order chi connectivity index (χ0) is 21.9. The van der Waals surface area contributed by atoms with Crippen molar-refractivity contribution in [3.8, 4) is 23.0 Å². The second kappa shape index (κ2) is 8.57. The summed E-state index contributed by atoms with van der Waals surface area (Å²) in [6.45, 7) is 6.67. The van der Waals surface area contributed by atoms with E-state index >= 15 is 0 Å². The Morgan fingerprint density at radius 2 is 1.73 bits per heavy atom. The average Bonchev–Trinajstić information content (AvgIpc) is 3.20. The number of aromatic nitrogens is 2. The number of rotatable bonds is 6. The van der Waals surface area contributed by atoms with Crippen LogP contribution in [-0.2, 0) is 12.0 Å². The zero-order valence-electron chi connectivity index (χ0n) is 18.2. The van der Waals surface area contributed by atoms with Crippen molar-refractivity contribution in [1.29, 1.82) is 0 Å². The lowest BCUT2D eigenvalue weighted by Crippen LogP contribution is -2.26. The maximum absolute atomic E-state index is 12.9. The maximum Gasteiger partial charge on any atom is 0.257 e. The second-order valence-corrected chi connectivity index (χ2v) is 8.06. The summed E-state index contributed by atoms with van der Waals surface area (Å²) in [6, 6.07) is 13.1. The van der Waals surface area contributed by atoms with E-state index in [1.165, 1.54) is 17.6 Å². The number of methoxy groups -OCH3 is 2. The molecule has 0 atom stereocenters. The number of nitrogens with zero attached hydrogens (tertiary/aromatic N) is 3. The molecule has 0 N–H and O–H groups in total. The number of hydrogen-bond acceptors (Lipinski definition) is 6. The van der Waals surface area contributed by atoms with E-state index in [0.29, 0.717) is 28.8 Å². The highest BCUT2D eigenvalue weighted by Crippen LogP contribution is 2.27. The van der Waals surface area contributed by atoms with Gasteiger partial charge < -0.3 is 18.8 Å². The van der Waals surface area contributed by atoms with Crippen LogP contribution in [0.1, 0.15) is 42.6 Å². The van der Waals surface area contributed by atoms with Crippen molar-refractivity contribution in [1.82, 2.24) is 15.1 Å². The predicted octanol–water partition coefficient (Wildman–Crippen LogP) is 4.32. The molecular weight excluding hydrogens is 382 g/mol. The van der Waals surface area contributed by atoms with E-state index in [0.717, 1.165) is 5.56 Å². The zero-order valence-corrected chi connectivity index (χ0v) is 18.2. The molecule has 0 unspecified atom stereocenters. The summed E-state index contributed by atoms with van der Waals surface area (Å²) < 4.78 is 16.3. The molecule has 2 aromatic carbocycles. The second-order valence-electron chi connectivity index (χ2n) is 8.06. The van der Waals surface area contributed by atoms with Crippen LogP contribution in [0.15, 0.2) is 46.9 Å². The van der Waals surface area contributed by atoms with Crippen molar-refractivity contribution in [2.24, 2.45) is 0 Å². The van der Waals surface area contributed by atoms with Crippen LogP contribution >= 0.6 is 0 Å². The van der Waals surface area contributed by atoms with Crippen LogP contribution in [-0.4, -0.2) is 42.3 Å². The van der Waals surface area contributed by atoms with Crippen LogP contribution < -0.4 is 9.47 Å². The number of hydrogen-bond donors (Lipinski definition) is 0.